The Morgan fingerprint density at radius 2 is 1.23 bits per heavy atom. The molecule has 9 rings (SSSR count). The number of H-pyrrole nitrogens is 1. The molecule has 9 aromatic rings. The van der Waals surface area contributed by atoms with E-state index in [9.17, 15) is 0 Å². The summed E-state index contributed by atoms with van der Waals surface area (Å²) in [5.41, 5.74) is 12.8. The van der Waals surface area contributed by atoms with E-state index in [0.717, 1.165) is 56.3 Å². The van der Waals surface area contributed by atoms with E-state index in [1.165, 1.54) is 38.2 Å². The van der Waals surface area contributed by atoms with Gasteiger partial charge in [-0.3, -0.25) is 9.55 Å². The number of hydrogen-bond donors (Lipinski definition) is 0. The number of rotatable bonds is 4. The number of hydrogen-bond acceptors (Lipinski definition) is 3. The van der Waals surface area contributed by atoms with Crippen molar-refractivity contribution in [2.24, 2.45) is 0 Å². The summed E-state index contributed by atoms with van der Waals surface area (Å²) in [7, 11) is 0. The van der Waals surface area contributed by atoms with Crippen molar-refractivity contribution in [1.29, 1.82) is 0 Å². The second-order valence-electron chi connectivity index (χ2n) is 12.3. The molecule has 0 atom stereocenters. The smallest absolute Gasteiger partial charge is 0.192 e. The van der Waals surface area contributed by atoms with Gasteiger partial charge in [-0.15, -0.1) is 0 Å². The van der Waals surface area contributed by atoms with Crippen molar-refractivity contribution in [3.8, 4) is 34.2 Å². The average Bonchev–Trinajstić information content (AvgIpc) is 3.60. The standard InChI is InChI=1S/C41H30N6/c1-25-13-15-37-31(21-25)29-17-19-42-23-39(29)46(37)36-11-4-7-28(27(36)3)33-8-5-9-34(44-33)35-10-6-12-41(45-35)47-38-16-14-26(2)22-32(38)30-18-20-43-24-40(30)47/h4-24H,1-3H3/p+1. The molecule has 0 amide bonds. The van der Waals surface area contributed by atoms with E-state index in [1.807, 2.05) is 36.9 Å². The van der Waals surface area contributed by atoms with Crippen LogP contribution in [0.1, 0.15) is 16.7 Å². The molecule has 1 N–H and O–H groups in total. The number of benzene rings is 3. The fourth-order valence-corrected chi connectivity index (χ4v) is 7.07. The maximum atomic E-state index is 5.19. The lowest BCUT2D eigenvalue weighted by Crippen LogP contribution is -2.03. The first-order chi connectivity index (χ1) is 23.0. The Balaban J connectivity index is 1.17. The van der Waals surface area contributed by atoms with Crippen LogP contribution in [0, 0.1) is 20.8 Å². The summed E-state index contributed by atoms with van der Waals surface area (Å²) in [4.78, 5) is 18.1. The van der Waals surface area contributed by atoms with E-state index in [-0.39, 0.29) is 0 Å². The van der Waals surface area contributed by atoms with Crippen molar-refractivity contribution in [1.82, 2.24) is 24.1 Å². The zero-order valence-electron chi connectivity index (χ0n) is 26.4. The zero-order chi connectivity index (χ0) is 31.6. The van der Waals surface area contributed by atoms with E-state index in [4.69, 9.17) is 9.97 Å². The second kappa shape index (κ2) is 10.5. The molecule has 0 fully saturated rings. The third-order valence-electron chi connectivity index (χ3n) is 9.29. The highest BCUT2D eigenvalue weighted by Crippen LogP contribution is 2.36. The Labute approximate surface area is 271 Å². The number of nitrogens with zero attached hydrogens (tertiary/aromatic N) is 5. The summed E-state index contributed by atoms with van der Waals surface area (Å²) in [6.07, 6.45) is 7.85. The van der Waals surface area contributed by atoms with E-state index < -0.39 is 0 Å². The van der Waals surface area contributed by atoms with Crippen LogP contribution in [-0.4, -0.2) is 24.1 Å². The SMILES string of the molecule is Cc1ccc2c(c1)c1cc[nH+]cc1n2-c1cccc(-c2cccc(-c3cccc(-n4c5ccc(C)cc5c5ccncc54)c3C)n2)n1. The zero-order valence-corrected chi connectivity index (χ0v) is 26.4. The molecule has 0 radical (unpaired) electrons. The van der Waals surface area contributed by atoms with Crippen LogP contribution in [0.15, 0.2) is 128 Å². The van der Waals surface area contributed by atoms with Crippen molar-refractivity contribution in [3.63, 3.8) is 0 Å². The first-order valence-corrected chi connectivity index (χ1v) is 15.9. The van der Waals surface area contributed by atoms with E-state index in [0.29, 0.717) is 0 Å². The lowest BCUT2D eigenvalue weighted by Gasteiger charge is -2.15. The molecule has 0 spiro atoms. The lowest BCUT2D eigenvalue weighted by atomic mass is 10.0. The Kier molecular flexibility index (Phi) is 6.05. The molecule has 0 aliphatic carbocycles. The molecule has 6 aromatic heterocycles. The maximum absolute atomic E-state index is 5.19. The van der Waals surface area contributed by atoms with E-state index in [2.05, 4.69) is 131 Å². The third-order valence-corrected chi connectivity index (χ3v) is 9.29. The average molecular weight is 608 g/mol. The summed E-state index contributed by atoms with van der Waals surface area (Å²) in [5.74, 6) is 0.853. The Morgan fingerprint density at radius 1 is 0.553 bits per heavy atom. The topological polar surface area (TPSA) is 62.7 Å². The molecule has 47 heavy (non-hydrogen) atoms. The number of aromatic amines is 1. The second-order valence-corrected chi connectivity index (χ2v) is 12.3. The molecule has 0 bridgehead atoms. The summed E-state index contributed by atoms with van der Waals surface area (Å²) in [6, 6.07) is 36.3. The molecular weight excluding hydrogens is 576 g/mol. The molecule has 224 valence electrons. The Morgan fingerprint density at radius 3 is 2.04 bits per heavy atom. The van der Waals surface area contributed by atoms with E-state index in [1.54, 1.807) is 0 Å². The monoisotopic (exact) mass is 607 g/mol. The van der Waals surface area contributed by atoms with Gasteiger partial charge in [-0.25, -0.2) is 15.0 Å². The van der Waals surface area contributed by atoms with Crippen LogP contribution < -0.4 is 4.98 Å². The summed E-state index contributed by atoms with van der Waals surface area (Å²) >= 11 is 0. The molecule has 6 heteroatoms. The van der Waals surface area contributed by atoms with Crippen LogP contribution in [0.4, 0.5) is 0 Å². The third kappa shape index (κ3) is 4.26. The Hall–Kier alpha value is -6.14. The van der Waals surface area contributed by atoms with Gasteiger partial charge in [0.05, 0.1) is 39.8 Å². The van der Waals surface area contributed by atoms with Crippen molar-refractivity contribution in [3.05, 3.63) is 145 Å². The van der Waals surface area contributed by atoms with Crippen LogP contribution in [0.3, 0.4) is 0 Å². The minimum atomic E-state index is 0.823. The minimum Gasteiger partial charge on any atom is -0.307 e. The van der Waals surface area contributed by atoms with Gasteiger partial charge in [0.1, 0.15) is 11.3 Å². The fourth-order valence-electron chi connectivity index (χ4n) is 7.07. The number of nitrogens with one attached hydrogen (secondary N) is 1. The molecule has 6 nitrogen and oxygen atoms in total. The van der Waals surface area contributed by atoms with Gasteiger partial charge in [0.15, 0.2) is 12.4 Å². The summed E-state index contributed by atoms with van der Waals surface area (Å²) in [6.45, 7) is 6.45. The highest BCUT2D eigenvalue weighted by atomic mass is 15.1. The van der Waals surface area contributed by atoms with Crippen LogP contribution in [0.5, 0.6) is 0 Å². The predicted octanol–water partition coefficient (Wildman–Crippen LogP) is 9.14. The van der Waals surface area contributed by atoms with Crippen LogP contribution >= 0.6 is 0 Å². The predicted molar refractivity (Wildman–Crippen MR) is 190 cm³/mol. The quantitative estimate of drug-likeness (QED) is 0.200. The molecule has 0 unspecified atom stereocenters. The van der Waals surface area contributed by atoms with Gasteiger partial charge in [-0.2, -0.15) is 0 Å². The highest BCUT2D eigenvalue weighted by Gasteiger charge is 2.18. The van der Waals surface area contributed by atoms with Crippen molar-refractivity contribution < 1.29 is 4.98 Å². The molecule has 0 aliphatic heterocycles. The molecular formula is C41H31N6+. The highest BCUT2D eigenvalue weighted by molar-refractivity contribution is 6.10. The molecule has 3 aromatic carbocycles. The molecule has 6 heterocycles. The van der Waals surface area contributed by atoms with Gasteiger partial charge in [0, 0.05) is 45.1 Å². The first kappa shape index (κ1) is 27.2. The largest absolute Gasteiger partial charge is 0.307 e. The number of aryl methyl sites for hydroxylation is 2. The Bertz CT molecular complexity index is 2680. The van der Waals surface area contributed by atoms with Gasteiger partial charge in [0.25, 0.3) is 0 Å². The maximum Gasteiger partial charge on any atom is 0.192 e. The normalized spacial score (nSPS) is 11.7. The first-order valence-electron chi connectivity index (χ1n) is 15.9. The molecule has 0 saturated heterocycles. The van der Waals surface area contributed by atoms with Crippen molar-refractivity contribution in [2.75, 3.05) is 0 Å². The number of aromatic nitrogens is 6. The minimum absolute atomic E-state index is 0.823. The molecule has 0 aliphatic rings. The van der Waals surface area contributed by atoms with Crippen LogP contribution in [0.2, 0.25) is 0 Å². The van der Waals surface area contributed by atoms with Gasteiger partial charge >= 0.3 is 0 Å². The number of fused-ring (bicyclic) bond motifs is 6. The van der Waals surface area contributed by atoms with Gasteiger partial charge < -0.3 is 4.57 Å². The van der Waals surface area contributed by atoms with Gasteiger partial charge in [0.2, 0.25) is 0 Å². The molecule has 0 saturated carbocycles. The fraction of sp³-hybridized carbons (Fsp3) is 0.0732. The van der Waals surface area contributed by atoms with Crippen molar-refractivity contribution >= 4 is 43.6 Å². The van der Waals surface area contributed by atoms with Crippen LogP contribution in [-0.2, 0) is 0 Å². The van der Waals surface area contributed by atoms with Crippen LogP contribution in [0.25, 0.3) is 77.8 Å². The van der Waals surface area contributed by atoms with Crippen molar-refractivity contribution in [2.45, 2.75) is 20.8 Å². The summed E-state index contributed by atoms with van der Waals surface area (Å²) in [5, 5.41) is 4.84. The van der Waals surface area contributed by atoms with Gasteiger partial charge in [-0.05, 0) is 87.0 Å². The van der Waals surface area contributed by atoms with Gasteiger partial charge in [-0.1, -0.05) is 47.5 Å². The lowest BCUT2D eigenvalue weighted by molar-refractivity contribution is -0.376. The number of pyridine rings is 4. The summed E-state index contributed by atoms with van der Waals surface area (Å²) < 4.78 is 4.55. The van der Waals surface area contributed by atoms with E-state index >= 15 is 0 Å².